The maximum absolute atomic E-state index is 12.0. The number of aromatic nitrogens is 1. The third-order valence-electron chi connectivity index (χ3n) is 3.27. The number of nitrogens with zero attached hydrogens (tertiary/aromatic N) is 1. The number of hydrogen-bond donors (Lipinski definition) is 2. The molecule has 4 nitrogen and oxygen atoms in total. The summed E-state index contributed by atoms with van der Waals surface area (Å²) in [5, 5.41) is 2.91. The first-order valence-electron chi connectivity index (χ1n) is 6.54. The maximum atomic E-state index is 12.0. The van der Waals surface area contributed by atoms with Crippen LogP contribution in [0, 0.1) is 0 Å². The molecule has 21 heavy (non-hydrogen) atoms. The molecule has 0 atom stereocenters. The zero-order chi connectivity index (χ0) is 14.6. The van der Waals surface area contributed by atoms with Crippen molar-refractivity contribution in [3.8, 4) is 0 Å². The molecule has 0 aliphatic carbocycles. The minimum Gasteiger partial charge on any atom is -0.397 e. The highest BCUT2D eigenvalue weighted by Crippen LogP contribution is 2.21. The number of anilines is 1. The van der Waals surface area contributed by atoms with Gasteiger partial charge in [0.2, 0.25) is 0 Å². The van der Waals surface area contributed by atoms with Crippen LogP contribution in [0.1, 0.15) is 29.9 Å². The second-order valence-corrected chi connectivity index (χ2v) is 5.41. The lowest BCUT2D eigenvalue weighted by molar-refractivity contribution is 0.0940. The van der Waals surface area contributed by atoms with Gasteiger partial charge in [0.05, 0.1) is 11.9 Å². The van der Waals surface area contributed by atoms with Crippen molar-refractivity contribution >= 4 is 24.0 Å². The lowest BCUT2D eigenvalue weighted by Gasteiger charge is -2.25. The molecule has 2 aromatic rings. The zero-order valence-corrected chi connectivity index (χ0v) is 13.0. The fourth-order valence-electron chi connectivity index (χ4n) is 1.92. The molecule has 5 heteroatoms. The summed E-state index contributed by atoms with van der Waals surface area (Å²) in [7, 11) is 0. The SMILES string of the molecule is CC(C)(CNC(=O)c1ccc(N)cn1)c1ccccc1.Cl. The van der Waals surface area contributed by atoms with Crippen LogP contribution in [-0.4, -0.2) is 17.4 Å². The number of pyridine rings is 1. The van der Waals surface area contributed by atoms with Gasteiger partial charge in [0.25, 0.3) is 5.91 Å². The zero-order valence-electron chi connectivity index (χ0n) is 12.2. The second kappa shape index (κ2) is 7.09. The van der Waals surface area contributed by atoms with Crippen LogP contribution in [0.2, 0.25) is 0 Å². The number of nitrogen functional groups attached to an aromatic ring is 1. The third kappa shape index (κ3) is 4.46. The van der Waals surface area contributed by atoms with Gasteiger partial charge in [-0.2, -0.15) is 0 Å². The summed E-state index contributed by atoms with van der Waals surface area (Å²) in [6.07, 6.45) is 1.48. The summed E-state index contributed by atoms with van der Waals surface area (Å²) in [6, 6.07) is 13.4. The van der Waals surface area contributed by atoms with Crippen molar-refractivity contribution in [3.63, 3.8) is 0 Å². The number of rotatable bonds is 4. The molecule has 0 saturated heterocycles. The van der Waals surface area contributed by atoms with E-state index in [2.05, 4.69) is 36.3 Å². The number of benzene rings is 1. The summed E-state index contributed by atoms with van der Waals surface area (Å²) in [4.78, 5) is 16.0. The normalized spacial score (nSPS) is 10.6. The summed E-state index contributed by atoms with van der Waals surface area (Å²) in [5.74, 6) is -0.186. The van der Waals surface area contributed by atoms with Crippen molar-refractivity contribution < 1.29 is 4.79 Å². The van der Waals surface area contributed by atoms with Gasteiger partial charge >= 0.3 is 0 Å². The Morgan fingerprint density at radius 3 is 2.43 bits per heavy atom. The lowest BCUT2D eigenvalue weighted by atomic mass is 9.84. The van der Waals surface area contributed by atoms with Crippen LogP contribution in [0.15, 0.2) is 48.7 Å². The molecule has 0 bridgehead atoms. The summed E-state index contributed by atoms with van der Waals surface area (Å²) < 4.78 is 0. The number of halogens is 1. The van der Waals surface area contributed by atoms with Gasteiger partial charge < -0.3 is 11.1 Å². The second-order valence-electron chi connectivity index (χ2n) is 5.41. The Morgan fingerprint density at radius 1 is 1.19 bits per heavy atom. The predicted octanol–water partition coefficient (Wildman–Crippen LogP) is 2.79. The Bertz CT molecular complexity index is 582. The molecule has 0 aliphatic heterocycles. The molecule has 0 saturated carbocycles. The van der Waals surface area contributed by atoms with Crippen molar-refractivity contribution in [2.45, 2.75) is 19.3 Å². The van der Waals surface area contributed by atoms with E-state index in [0.717, 1.165) is 0 Å². The maximum Gasteiger partial charge on any atom is 0.269 e. The van der Waals surface area contributed by atoms with Crippen LogP contribution in [0.25, 0.3) is 0 Å². The van der Waals surface area contributed by atoms with Crippen molar-refractivity contribution in [2.75, 3.05) is 12.3 Å². The molecular weight excluding hydrogens is 286 g/mol. The fourth-order valence-corrected chi connectivity index (χ4v) is 1.92. The van der Waals surface area contributed by atoms with Crippen LogP contribution in [0.4, 0.5) is 5.69 Å². The molecule has 0 radical (unpaired) electrons. The topological polar surface area (TPSA) is 68.0 Å². The highest BCUT2D eigenvalue weighted by Gasteiger charge is 2.21. The van der Waals surface area contributed by atoms with Crippen LogP contribution in [0.5, 0.6) is 0 Å². The average Bonchev–Trinajstić information content (AvgIpc) is 2.46. The first-order valence-corrected chi connectivity index (χ1v) is 6.54. The van der Waals surface area contributed by atoms with Gasteiger partial charge in [0.15, 0.2) is 0 Å². The van der Waals surface area contributed by atoms with Crippen molar-refractivity contribution in [1.29, 1.82) is 0 Å². The number of amides is 1. The van der Waals surface area contributed by atoms with Gasteiger partial charge in [-0.1, -0.05) is 44.2 Å². The Labute approximate surface area is 131 Å². The fraction of sp³-hybridized carbons (Fsp3) is 0.250. The summed E-state index contributed by atoms with van der Waals surface area (Å²) in [6.45, 7) is 4.74. The number of nitrogens with two attached hydrogens (primary N) is 1. The summed E-state index contributed by atoms with van der Waals surface area (Å²) >= 11 is 0. The van der Waals surface area contributed by atoms with E-state index < -0.39 is 0 Å². The molecule has 3 N–H and O–H groups in total. The lowest BCUT2D eigenvalue weighted by Crippen LogP contribution is -2.37. The van der Waals surface area contributed by atoms with Crippen LogP contribution < -0.4 is 11.1 Å². The minimum atomic E-state index is -0.186. The van der Waals surface area contributed by atoms with Gasteiger partial charge in [-0.25, -0.2) is 4.98 Å². The molecule has 1 amide bonds. The molecule has 1 aromatic heterocycles. The smallest absolute Gasteiger partial charge is 0.269 e. The van der Waals surface area contributed by atoms with Crippen LogP contribution >= 0.6 is 12.4 Å². The van der Waals surface area contributed by atoms with Gasteiger partial charge in [-0.3, -0.25) is 4.79 Å². The quantitative estimate of drug-likeness (QED) is 0.912. The molecule has 112 valence electrons. The third-order valence-corrected chi connectivity index (χ3v) is 3.27. The molecule has 1 aromatic carbocycles. The highest BCUT2D eigenvalue weighted by molar-refractivity contribution is 5.92. The average molecular weight is 306 g/mol. The molecular formula is C16H20ClN3O. The van der Waals surface area contributed by atoms with E-state index in [9.17, 15) is 4.79 Å². The predicted molar refractivity (Wildman–Crippen MR) is 87.7 cm³/mol. The van der Waals surface area contributed by atoms with E-state index in [0.29, 0.717) is 17.9 Å². The van der Waals surface area contributed by atoms with Gasteiger partial charge in [0.1, 0.15) is 5.69 Å². The highest BCUT2D eigenvalue weighted by atomic mass is 35.5. The molecule has 2 rings (SSSR count). The van der Waals surface area contributed by atoms with E-state index in [1.807, 2.05) is 18.2 Å². The van der Waals surface area contributed by atoms with Gasteiger partial charge in [-0.15, -0.1) is 12.4 Å². The monoisotopic (exact) mass is 305 g/mol. The number of carbonyl (C=O) groups excluding carboxylic acids is 1. The van der Waals surface area contributed by atoms with E-state index >= 15 is 0 Å². The van der Waals surface area contributed by atoms with Gasteiger partial charge in [0, 0.05) is 12.0 Å². The van der Waals surface area contributed by atoms with E-state index in [1.54, 1.807) is 12.1 Å². The molecule has 0 aliphatic rings. The van der Waals surface area contributed by atoms with Crippen LogP contribution in [-0.2, 0) is 5.41 Å². The molecule has 0 fully saturated rings. The molecule has 0 unspecified atom stereocenters. The van der Waals surface area contributed by atoms with Crippen molar-refractivity contribution in [3.05, 3.63) is 59.9 Å². The first-order chi connectivity index (χ1) is 9.49. The molecule has 1 heterocycles. The largest absolute Gasteiger partial charge is 0.397 e. The van der Waals surface area contributed by atoms with Crippen LogP contribution in [0.3, 0.4) is 0 Å². The van der Waals surface area contributed by atoms with Gasteiger partial charge in [-0.05, 0) is 17.7 Å². The van der Waals surface area contributed by atoms with E-state index in [1.165, 1.54) is 11.8 Å². The Kier molecular flexibility index (Phi) is 5.73. The molecule has 0 spiro atoms. The van der Waals surface area contributed by atoms with E-state index in [-0.39, 0.29) is 23.7 Å². The number of hydrogen-bond acceptors (Lipinski definition) is 3. The number of nitrogens with one attached hydrogen (secondary N) is 1. The Balaban J connectivity index is 0.00000220. The standard InChI is InChI=1S/C16H19N3O.ClH/c1-16(2,12-6-4-3-5-7-12)11-19-15(20)14-9-8-13(17)10-18-14;/h3-10H,11,17H2,1-2H3,(H,19,20);1H. The number of carbonyl (C=O) groups is 1. The van der Waals surface area contributed by atoms with Crippen molar-refractivity contribution in [2.24, 2.45) is 0 Å². The Morgan fingerprint density at radius 2 is 1.86 bits per heavy atom. The Hall–Kier alpha value is -2.07. The first kappa shape index (κ1) is 17.0. The minimum absolute atomic E-state index is 0. The summed E-state index contributed by atoms with van der Waals surface area (Å²) in [5.41, 5.74) is 7.53. The van der Waals surface area contributed by atoms with E-state index in [4.69, 9.17) is 5.73 Å². The van der Waals surface area contributed by atoms with Crippen molar-refractivity contribution in [1.82, 2.24) is 10.3 Å².